The maximum absolute atomic E-state index is 8.92. The van der Waals surface area contributed by atoms with Gasteiger partial charge in [0.25, 0.3) is 0 Å². The van der Waals surface area contributed by atoms with Crippen molar-refractivity contribution in [2.75, 3.05) is 0 Å². The molecule has 0 saturated heterocycles. The smallest absolute Gasteiger partial charge is 0.121 e. The number of nitrogens with zero attached hydrogens (tertiary/aromatic N) is 1. The molecule has 80 valence electrons. The fourth-order valence-electron chi connectivity index (χ4n) is 1.67. The van der Waals surface area contributed by atoms with Crippen LogP contribution in [0.25, 0.3) is 10.9 Å². The van der Waals surface area contributed by atoms with Crippen LogP contribution in [0.5, 0.6) is 0 Å². The molecule has 1 aromatic heterocycles. The Kier molecular flexibility index (Phi) is 2.76. The molecule has 1 N–H and O–H groups in total. The third kappa shape index (κ3) is 1.84. The van der Waals surface area contributed by atoms with Gasteiger partial charge < -0.3 is 4.98 Å². The van der Waals surface area contributed by atoms with E-state index < -0.39 is 0 Å². The Labute approximate surface area is 99.5 Å². The van der Waals surface area contributed by atoms with Crippen LogP contribution in [0.4, 0.5) is 0 Å². The van der Waals surface area contributed by atoms with Crippen molar-refractivity contribution >= 4 is 23.1 Å². The van der Waals surface area contributed by atoms with Crippen molar-refractivity contribution in [3.63, 3.8) is 0 Å². The number of fused-ring (bicyclic) bond motifs is 1. The van der Waals surface area contributed by atoms with Crippen molar-refractivity contribution in [2.24, 2.45) is 0 Å². The molecule has 2 rings (SSSR count). The molecule has 0 aliphatic rings. The normalized spacial score (nSPS) is 10.6. The number of rotatable bonds is 1. The quantitative estimate of drug-likeness (QED) is 0.752. The van der Waals surface area contributed by atoms with Gasteiger partial charge in [0.1, 0.15) is 10.7 Å². The van der Waals surface area contributed by atoms with E-state index in [1.165, 1.54) is 5.56 Å². The van der Waals surface area contributed by atoms with Crippen LogP contribution >= 0.6 is 12.2 Å². The number of aromatic amines is 1. The second-order valence-electron chi connectivity index (χ2n) is 4.13. The Hall–Kier alpha value is -1.66. The van der Waals surface area contributed by atoms with Gasteiger partial charge in [-0.1, -0.05) is 32.1 Å². The van der Waals surface area contributed by atoms with E-state index in [-0.39, 0.29) is 0 Å². The van der Waals surface area contributed by atoms with Crippen molar-refractivity contribution < 1.29 is 0 Å². The highest BCUT2D eigenvalue weighted by Crippen LogP contribution is 2.21. The van der Waals surface area contributed by atoms with E-state index in [4.69, 9.17) is 17.5 Å². The summed E-state index contributed by atoms with van der Waals surface area (Å²) in [7, 11) is 0. The first kappa shape index (κ1) is 10.8. The van der Waals surface area contributed by atoms with Crippen molar-refractivity contribution in [1.29, 1.82) is 5.26 Å². The lowest BCUT2D eigenvalue weighted by molar-refractivity contribution is 0.868. The fourth-order valence-corrected chi connectivity index (χ4v) is 1.88. The van der Waals surface area contributed by atoms with Crippen LogP contribution in [-0.2, 0) is 0 Å². The zero-order valence-electron chi connectivity index (χ0n) is 9.24. The predicted octanol–water partition coefficient (Wildman–Crippen LogP) is 3.89. The molecule has 1 heterocycles. The van der Waals surface area contributed by atoms with Gasteiger partial charge in [-0.15, -0.1) is 0 Å². The topological polar surface area (TPSA) is 39.6 Å². The molecule has 2 nitrogen and oxygen atoms in total. The molecule has 0 fully saturated rings. The van der Waals surface area contributed by atoms with Crippen LogP contribution in [-0.4, -0.2) is 4.98 Å². The van der Waals surface area contributed by atoms with Crippen LogP contribution in [0, 0.1) is 16.0 Å². The number of nitriles is 1. The molecule has 0 saturated carbocycles. The monoisotopic (exact) mass is 228 g/mol. The molecule has 0 unspecified atom stereocenters. The van der Waals surface area contributed by atoms with Gasteiger partial charge in [-0.3, -0.25) is 0 Å². The summed E-state index contributed by atoms with van der Waals surface area (Å²) in [4.78, 5) is 3.07. The van der Waals surface area contributed by atoms with Gasteiger partial charge in [0.15, 0.2) is 0 Å². The van der Waals surface area contributed by atoms with Crippen molar-refractivity contribution in [1.82, 2.24) is 4.98 Å². The van der Waals surface area contributed by atoms with Gasteiger partial charge in [-0.05, 0) is 35.1 Å². The van der Waals surface area contributed by atoms with E-state index in [9.17, 15) is 0 Å². The molecule has 1 aromatic carbocycles. The van der Waals surface area contributed by atoms with E-state index in [0.29, 0.717) is 16.1 Å². The number of benzene rings is 1. The Morgan fingerprint density at radius 1 is 1.31 bits per heavy atom. The minimum absolute atomic E-state index is 0.484. The molecule has 0 spiro atoms. The molecule has 3 heteroatoms. The average Bonchev–Trinajstić information content (AvgIpc) is 2.27. The Balaban J connectivity index is 2.74. The van der Waals surface area contributed by atoms with E-state index in [2.05, 4.69) is 37.0 Å². The summed E-state index contributed by atoms with van der Waals surface area (Å²) in [6.07, 6.45) is 0. The van der Waals surface area contributed by atoms with Gasteiger partial charge in [0, 0.05) is 5.52 Å². The summed E-state index contributed by atoms with van der Waals surface area (Å²) in [6.45, 7) is 4.30. The highest BCUT2D eigenvalue weighted by molar-refractivity contribution is 7.71. The van der Waals surface area contributed by atoms with E-state index in [0.717, 1.165) is 10.9 Å². The molecular weight excluding hydrogens is 216 g/mol. The van der Waals surface area contributed by atoms with Crippen LogP contribution in [0.2, 0.25) is 0 Å². The third-order valence-electron chi connectivity index (χ3n) is 2.66. The molecule has 0 atom stereocenters. The Bertz CT molecular complexity index is 632. The zero-order chi connectivity index (χ0) is 11.7. The first-order valence-corrected chi connectivity index (χ1v) is 5.59. The van der Waals surface area contributed by atoms with E-state index in [1.54, 1.807) is 0 Å². The molecular formula is C13H12N2S. The predicted molar refractivity (Wildman–Crippen MR) is 67.9 cm³/mol. The second kappa shape index (κ2) is 4.07. The number of nitrogens with one attached hydrogen (secondary N) is 1. The zero-order valence-corrected chi connectivity index (χ0v) is 10.1. The average molecular weight is 228 g/mol. The van der Waals surface area contributed by atoms with Gasteiger partial charge in [0.2, 0.25) is 0 Å². The largest absolute Gasteiger partial charge is 0.345 e. The first-order valence-electron chi connectivity index (χ1n) is 5.19. The first-order chi connectivity index (χ1) is 7.61. The van der Waals surface area contributed by atoms with Gasteiger partial charge >= 0.3 is 0 Å². The molecule has 0 amide bonds. The van der Waals surface area contributed by atoms with Crippen LogP contribution in [0.3, 0.4) is 0 Å². The number of hydrogen-bond donors (Lipinski definition) is 1. The fraction of sp³-hybridized carbons (Fsp3) is 0.231. The van der Waals surface area contributed by atoms with Crippen LogP contribution in [0.15, 0.2) is 24.3 Å². The highest BCUT2D eigenvalue weighted by atomic mass is 32.1. The van der Waals surface area contributed by atoms with E-state index >= 15 is 0 Å². The van der Waals surface area contributed by atoms with Gasteiger partial charge in [-0.25, -0.2) is 0 Å². The number of hydrogen-bond acceptors (Lipinski definition) is 2. The van der Waals surface area contributed by atoms with Crippen molar-refractivity contribution in [3.8, 4) is 6.07 Å². The molecule has 2 aromatic rings. The lowest BCUT2D eigenvalue weighted by atomic mass is 10.0. The van der Waals surface area contributed by atoms with Crippen molar-refractivity contribution in [2.45, 2.75) is 19.8 Å². The Morgan fingerprint density at radius 3 is 2.69 bits per heavy atom. The molecule has 16 heavy (non-hydrogen) atoms. The molecule has 0 aliphatic carbocycles. The number of H-pyrrole nitrogens is 1. The maximum Gasteiger partial charge on any atom is 0.121 e. The highest BCUT2D eigenvalue weighted by Gasteiger charge is 2.03. The summed E-state index contributed by atoms with van der Waals surface area (Å²) in [5, 5.41) is 9.96. The van der Waals surface area contributed by atoms with Crippen LogP contribution in [0.1, 0.15) is 30.9 Å². The lowest BCUT2D eigenvalue weighted by Crippen LogP contribution is -1.90. The summed E-state index contributed by atoms with van der Waals surface area (Å²) < 4.78 is 0.507. The summed E-state index contributed by atoms with van der Waals surface area (Å²) in [5.41, 5.74) is 2.78. The van der Waals surface area contributed by atoms with E-state index in [1.807, 2.05) is 12.1 Å². The van der Waals surface area contributed by atoms with Gasteiger partial charge in [0.05, 0.1) is 5.56 Å². The second-order valence-corrected chi connectivity index (χ2v) is 4.53. The summed E-state index contributed by atoms with van der Waals surface area (Å²) in [5.74, 6) is 0.484. The lowest BCUT2D eigenvalue weighted by Gasteiger charge is -2.07. The third-order valence-corrected chi connectivity index (χ3v) is 2.98. The molecule has 0 bridgehead atoms. The maximum atomic E-state index is 8.92. The Morgan fingerprint density at radius 2 is 2.06 bits per heavy atom. The standard InChI is InChI=1S/C13H12N2S/c1-8(2)9-3-4-12-10(5-9)6-11(7-14)13(16)15-12/h3-6,8H,1-2H3,(H,15,16). The molecule has 0 aliphatic heterocycles. The minimum Gasteiger partial charge on any atom is -0.345 e. The minimum atomic E-state index is 0.484. The van der Waals surface area contributed by atoms with Crippen molar-refractivity contribution in [3.05, 3.63) is 40.0 Å². The van der Waals surface area contributed by atoms with Crippen LogP contribution < -0.4 is 0 Å². The summed E-state index contributed by atoms with van der Waals surface area (Å²) >= 11 is 5.08. The van der Waals surface area contributed by atoms with Gasteiger partial charge in [-0.2, -0.15) is 5.26 Å². The summed E-state index contributed by atoms with van der Waals surface area (Å²) in [6, 6.07) is 10.2. The SMILES string of the molecule is CC(C)c1ccc2[nH]c(=S)c(C#N)cc2c1. The number of pyridine rings is 1. The molecule has 0 radical (unpaired) electrons. The number of aromatic nitrogens is 1.